The second-order valence-electron chi connectivity index (χ2n) is 1.98. The largest absolute Gasteiger partial charge is 0.269 e. The van der Waals surface area contributed by atoms with E-state index >= 15 is 0 Å². The maximum atomic E-state index is 12.2. The molecule has 0 amide bonds. The van der Waals surface area contributed by atoms with Crippen molar-refractivity contribution in [2.75, 3.05) is 0 Å². The van der Waals surface area contributed by atoms with Crippen LogP contribution in [0.15, 0.2) is 24.3 Å². The normalized spacial score (nSPS) is 8.60. The molecule has 10 heavy (non-hydrogen) atoms. The molecule has 0 aromatic heterocycles. The van der Waals surface area contributed by atoms with E-state index in [4.69, 9.17) is 0 Å². The van der Waals surface area contributed by atoms with Crippen molar-refractivity contribution in [2.45, 2.75) is 13.3 Å². The van der Waals surface area contributed by atoms with Crippen molar-refractivity contribution in [1.29, 1.82) is 0 Å². The summed E-state index contributed by atoms with van der Waals surface area (Å²) in [6.45, 7) is 2.05. The highest BCUT2D eigenvalue weighted by atomic mass is 19.1. The van der Waals surface area contributed by atoms with Crippen molar-refractivity contribution in [1.82, 2.24) is 0 Å². The van der Waals surface area contributed by atoms with Gasteiger partial charge in [0.05, 0.1) is 0 Å². The highest BCUT2D eigenvalue weighted by Gasteiger charge is 1.87. The first-order chi connectivity index (χ1) is 4.33. The van der Waals surface area contributed by atoms with Gasteiger partial charge in [0.25, 0.3) is 0 Å². The fourth-order valence-corrected chi connectivity index (χ4v) is 0.720. The van der Waals surface area contributed by atoms with Gasteiger partial charge in [-0.05, 0) is 24.1 Å². The van der Waals surface area contributed by atoms with Gasteiger partial charge < -0.3 is 0 Å². The van der Waals surface area contributed by atoms with Crippen LogP contribution in [0.4, 0.5) is 9.09 Å². The molecular weight excluding hydrogens is 134 g/mol. The van der Waals surface area contributed by atoms with Crippen molar-refractivity contribution in [3.05, 3.63) is 35.6 Å². The SMILES string of the molecule is CCc1ccc(F)cc1.F. The molecule has 0 atom stereocenters. The summed E-state index contributed by atoms with van der Waals surface area (Å²) in [5.74, 6) is -0.160. The number of hydrogen-bond acceptors (Lipinski definition) is 0. The summed E-state index contributed by atoms with van der Waals surface area (Å²) in [5, 5.41) is 0. The first-order valence-corrected chi connectivity index (χ1v) is 3.07. The van der Waals surface area contributed by atoms with Crippen molar-refractivity contribution < 1.29 is 9.09 Å². The monoisotopic (exact) mass is 144 g/mol. The van der Waals surface area contributed by atoms with Crippen LogP contribution >= 0.6 is 0 Å². The van der Waals surface area contributed by atoms with Gasteiger partial charge in [0.1, 0.15) is 5.82 Å². The van der Waals surface area contributed by atoms with E-state index in [1.165, 1.54) is 17.7 Å². The summed E-state index contributed by atoms with van der Waals surface area (Å²) in [4.78, 5) is 0. The second-order valence-corrected chi connectivity index (χ2v) is 1.98. The van der Waals surface area contributed by atoms with Gasteiger partial charge in [-0.3, -0.25) is 4.70 Å². The minimum Gasteiger partial charge on any atom is -0.269 e. The molecule has 1 rings (SSSR count). The Morgan fingerprint density at radius 1 is 1.20 bits per heavy atom. The predicted octanol–water partition coefficient (Wildman–Crippen LogP) is 2.54. The summed E-state index contributed by atoms with van der Waals surface area (Å²) in [5.41, 5.74) is 1.18. The standard InChI is InChI=1S/C8H9F.FH/c1-2-7-3-5-8(9)6-4-7;/h3-6H,2H2,1H3;1H. The molecule has 1 aromatic carbocycles. The molecule has 0 saturated carbocycles. The third-order valence-corrected chi connectivity index (χ3v) is 1.32. The van der Waals surface area contributed by atoms with Crippen molar-refractivity contribution in [2.24, 2.45) is 0 Å². The van der Waals surface area contributed by atoms with Crippen LogP contribution < -0.4 is 0 Å². The Hall–Kier alpha value is -0.920. The van der Waals surface area contributed by atoms with Crippen LogP contribution in [-0.4, -0.2) is 0 Å². The Bertz CT molecular complexity index is 179. The predicted molar refractivity (Wildman–Crippen MR) is 38.3 cm³/mol. The van der Waals surface area contributed by atoms with Crippen molar-refractivity contribution in [3.63, 3.8) is 0 Å². The van der Waals surface area contributed by atoms with Gasteiger partial charge in [-0.2, -0.15) is 0 Å². The topological polar surface area (TPSA) is 0 Å². The molecule has 56 valence electrons. The summed E-state index contributed by atoms with van der Waals surface area (Å²) in [6, 6.07) is 6.57. The van der Waals surface area contributed by atoms with Gasteiger partial charge in [-0.25, -0.2) is 4.39 Å². The molecule has 0 N–H and O–H groups in total. The van der Waals surface area contributed by atoms with Gasteiger partial charge in [0.2, 0.25) is 0 Å². The molecule has 1 aromatic rings. The number of benzene rings is 1. The molecule has 0 aliphatic rings. The van der Waals surface area contributed by atoms with Crippen LogP contribution in [0.25, 0.3) is 0 Å². The molecule has 0 saturated heterocycles. The van der Waals surface area contributed by atoms with Crippen LogP contribution in [0.2, 0.25) is 0 Å². The Labute approximate surface area is 59.1 Å². The Morgan fingerprint density at radius 3 is 2.10 bits per heavy atom. The average Bonchev–Trinajstić information content (AvgIpc) is 1.90. The summed E-state index contributed by atoms with van der Waals surface area (Å²) in [6.07, 6.45) is 0.972. The zero-order chi connectivity index (χ0) is 6.69. The molecule has 0 bridgehead atoms. The van der Waals surface area contributed by atoms with Crippen molar-refractivity contribution in [3.8, 4) is 0 Å². The van der Waals surface area contributed by atoms with Crippen LogP contribution in [0, 0.1) is 5.82 Å². The maximum Gasteiger partial charge on any atom is 0.123 e. The lowest BCUT2D eigenvalue weighted by molar-refractivity contribution is 0.627. The molecule has 0 spiro atoms. The summed E-state index contributed by atoms with van der Waals surface area (Å²) in [7, 11) is 0. The molecule has 0 nitrogen and oxygen atoms in total. The Balaban J connectivity index is 0.000000810. The quantitative estimate of drug-likeness (QED) is 0.568. The fraction of sp³-hybridized carbons (Fsp3) is 0.250. The zero-order valence-electron chi connectivity index (χ0n) is 5.80. The van der Waals surface area contributed by atoms with Gasteiger partial charge >= 0.3 is 0 Å². The lowest BCUT2D eigenvalue weighted by Crippen LogP contribution is -1.78. The molecule has 0 heterocycles. The molecule has 0 aliphatic heterocycles. The van der Waals surface area contributed by atoms with E-state index in [1.54, 1.807) is 12.1 Å². The highest BCUT2D eigenvalue weighted by Crippen LogP contribution is 2.01. The molecule has 2 heteroatoms. The lowest BCUT2D eigenvalue weighted by atomic mass is 10.2. The number of aryl methyl sites for hydroxylation is 1. The van der Waals surface area contributed by atoms with Gasteiger partial charge in [-0.15, -0.1) is 0 Å². The van der Waals surface area contributed by atoms with E-state index in [0.717, 1.165) is 6.42 Å². The third-order valence-electron chi connectivity index (χ3n) is 1.32. The smallest absolute Gasteiger partial charge is 0.123 e. The van der Waals surface area contributed by atoms with E-state index in [1.807, 2.05) is 6.92 Å². The van der Waals surface area contributed by atoms with Gasteiger partial charge in [-0.1, -0.05) is 19.1 Å². The van der Waals surface area contributed by atoms with Crippen LogP contribution in [0.1, 0.15) is 12.5 Å². The minimum atomic E-state index is -0.160. The fourth-order valence-electron chi connectivity index (χ4n) is 0.720. The lowest BCUT2D eigenvalue weighted by Gasteiger charge is -1.92. The number of rotatable bonds is 1. The van der Waals surface area contributed by atoms with Gasteiger partial charge in [0, 0.05) is 0 Å². The molecule has 0 radical (unpaired) electrons. The molecule has 0 unspecified atom stereocenters. The first kappa shape index (κ1) is 9.08. The molecule has 0 fully saturated rings. The minimum absolute atomic E-state index is 0. The Kier molecular flexibility index (Phi) is 3.62. The zero-order valence-corrected chi connectivity index (χ0v) is 5.80. The van der Waals surface area contributed by atoms with Gasteiger partial charge in [0.15, 0.2) is 0 Å². The number of hydrogen-bond donors (Lipinski definition) is 0. The summed E-state index contributed by atoms with van der Waals surface area (Å²) < 4.78 is 12.2. The van der Waals surface area contributed by atoms with E-state index < -0.39 is 0 Å². The van der Waals surface area contributed by atoms with E-state index in [-0.39, 0.29) is 10.5 Å². The first-order valence-electron chi connectivity index (χ1n) is 3.07. The maximum absolute atomic E-state index is 12.2. The highest BCUT2D eigenvalue weighted by molar-refractivity contribution is 5.15. The van der Waals surface area contributed by atoms with E-state index in [2.05, 4.69) is 0 Å². The van der Waals surface area contributed by atoms with E-state index in [0.29, 0.717) is 0 Å². The molecular formula is C8H10F2. The van der Waals surface area contributed by atoms with Crippen molar-refractivity contribution >= 4 is 0 Å². The van der Waals surface area contributed by atoms with Crippen LogP contribution in [-0.2, 0) is 6.42 Å². The Morgan fingerprint density at radius 2 is 1.70 bits per heavy atom. The average molecular weight is 144 g/mol. The third kappa shape index (κ3) is 2.13. The summed E-state index contributed by atoms with van der Waals surface area (Å²) >= 11 is 0. The number of halogens is 2. The van der Waals surface area contributed by atoms with E-state index in [9.17, 15) is 4.39 Å². The van der Waals surface area contributed by atoms with Crippen LogP contribution in [0.5, 0.6) is 0 Å². The second kappa shape index (κ2) is 3.99. The van der Waals surface area contributed by atoms with Crippen LogP contribution in [0.3, 0.4) is 0 Å². The molecule has 0 aliphatic carbocycles.